The summed E-state index contributed by atoms with van der Waals surface area (Å²) in [6, 6.07) is 14.4. The Kier molecular flexibility index (Phi) is 4.68. The number of carbonyl (C=O) groups excluding carboxylic acids is 1. The normalized spacial score (nSPS) is 16.4. The Hall–Kier alpha value is -2.26. The summed E-state index contributed by atoms with van der Waals surface area (Å²) in [5, 5.41) is 5.29. The van der Waals surface area contributed by atoms with E-state index in [0.717, 1.165) is 29.1 Å². The van der Waals surface area contributed by atoms with Crippen molar-refractivity contribution >= 4 is 12.0 Å². The number of rotatable bonds is 5. The number of aryl methyl sites for hydroxylation is 2. The lowest BCUT2D eigenvalue weighted by Gasteiger charge is -2.14. The van der Waals surface area contributed by atoms with E-state index in [1.54, 1.807) is 0 Å². The molecule has 0 aliphatic carbocycles. The molecular weight excluding hydrogens is 284 g/mol. The third kappa shape index (κ3) is 3.57. The van der Waals surface area contributed by atoms with Crippen LogP contribution in [0, 0.1) is 19.8 Å². The Morgan fingerprint density at radius 3 is 2.65 bits per heavy atom. The minimum atomic E-state index is -0.166. The lowest BCUT2D eigenvalue weighted by atomic mass is 10.0. The summed E-state index contributed by atoms with van der Waals surface area (Å²) < 4.78 is 0. The summed E-state index contributed by atoms with van der Waals surface area (Å²) in [6.07, 6.45) is 3.01. The molecule has 2 aromatic carbocycles. The van der Waals surface area contributed by atoms with Crippen LogP contribution in [0.1, 0.15) is 16.7 Å². The smallest absolute Gasteiger partial charge is 0.254 e. The van der Waals surface area contributed by atoms with Crippen LogP contribution in [0.25, 0.3) is 6.08 Å². The second kappa shape index (κ2) is 6.88. The molecule has 1 aliphatic rings. The predicted molar refractivity (Wildman–Crippen MR) is 92.7 cm³/mol. The molecule has 0 aromatic heterocycles. The first-order valence-corrected chi connectivity index (χ1v) is 8.10. The van der Waals surface area contributed by atoms with Gasteiger partial charge in [0.05, 0.1) is 11.3 Å². The van der Waals surface area contributed by atoms with Crippen molar-refractivity contribution in [3.63, 3.8) is 0 Å². The molecule has 0 radical (unpaired) electrons. The van der Waals surface area contributed by atoms with Gasteiger partial charge in [0.1, 0.15) is 0 Å². The molecule has 3 nitrogen and oxygen atoms in total. The van der Waals surface area contributed by atoms with Crippen LogP contribution in [-0.4, -0.2) is 19.0 Å². The Bertz CT molecular complexity index is 839. The molecule has 23 heavy (non-hydrogen) atoms. The molecule has 0 saturated carbocycles. The van der Waals surface area contributed by atoms with Gasteiger partial charge in [0, 0.05) is 6.54 Å². The Morgan fingerprint density at radius 1 is 1.04 bits per heavy atom. The van der Waals surface area contributed by atoms with E-state index in [0.29, 0.717) is 6.54 Å². The van der Waals surface area contributed by atoms with Gasteiger partial charge in [-0.25, -0.2) is 4.99 Å². The number of nitrogens with zero attached hydrogens (tertiary/aromatic N) is 1. The van der Waals surface area contributed by atoms with Crippen LogP contribution >= 0.6 is 0 Å². The number of benzene rings is 2. The maximum absolute atomic E-state index is 12.2. The number of fused-ring (bicyclic) bond motifs is 1. The molecule has 1 heterocycles. The minimum Gasteiger partial charge on any atom is -0.315 e. The van der Waals surface area contributed by atoms with Crippen LogP contribution in [-0.2, 0) is 11.2 Å². The highest BCUT2D eigenvalue weighted by molar-refractivity contribution is 5.86. The highest BCUT2D eigenvalue weighted by atomic mass is 16.1. The molecule has 1 unspecified atom stereocenters. The highest BCUT2D eigenvalue weighted by Crippen LogP contribution is 2.07. The quantitative estimate of drug-likeness (QED) is 0.854. The molecule has 1 aliphatic heterocycles. The third-order valence-electron chi connectivity index (χ3n) is 4.39. The molecule has 1 amide bonds. The monoisotopic (exact) mass is 306 g/mol. The van der Waals surface area contributed by atoms with E-state index in [1.165, 1.54) is 11.1 Å². The van der Waals surface area contributed by atoms with Crippen molar-refractivity contribution < 1.29 is 4.79 Å². The van der Waals surface area contributed by atoms with Crippen LogP contribution < -0.4 is 15.9 Å². The van der Waals surface area contributed by atoms with Crippen LogP contribution in [0.4, 0.5) is 0 Å². The van der Waals surface area contributed by atoms with Crippen LogP contribution in [0.3, 0.4) is 0 Å². The van der Waals surface area contributed by atoms with Crippen LogP contribution in [0.5, 0.6) is 0 Å². The summed E-state index contributed by atoms with van der Waals surface area (Å²) in [6.45, 7) is 5.63. The molecule has 0 spiro atoms. The Labute approximate surface area is 136 Å². The highest BCUT2D eigenvalue weighted by Gasteiger charge is 2.18. The fourth-order valence-electron chi connectivity index (χ4n) is 2.97. The van der Waals surface area contributed by atoms with Crippen molar-refractivity contribution in [2.45, 2.75) is 20.3 Å². The Morgan fingerprint density at radius 2 is 1.83 bits per heavy atom. The lowest BCUT2D eigenvalue weighted by molar-refractivity contribution is -0.120. The van der Waals surface area contributed by atoms with E-state index in [1.807, 2.05) is 31.2 Å². The number of nitrogens with one attached hydrogen (secondary N) is 1. The summed E-state index contributed by atoms with van der Waals surface area (Å²) >= 11 is 0. The van der Waals surface area contributed by atoms with Crippen molar-refractivity contribution in [2.24, 2.45) is 10.9 Å². The molecule has 2 aromatic rings. The van der Waals surface area contributed by atoms with E-state index in [2.05, 4.69) is 41.5 Å². The maximum Gasteiger partial charge on any atom is 0.254 e. The number of hydrogen-bond acceptors (Lipinski definition) is 2. The number of hydrogen-bond donors (Lipinski definition) is 1. The second-order valence-corrected chi connectivity index (χ2v) is 6.12. The molecule has 0 bridgehead atoms. The molecular formula is C20H22N2O. The zero-order valence-electron chi connectivity index (χ0n) is 13.7. The summed E-state index contributed by atoms with van der Waals surface area (Å²) in [7, 11) is 0. The maximum atomic E-state index is 12.2. The minimum absolute atomic E-state index is 0.0461. The van der Waals surface area contributed by atoms with Gasteiger partial charge in [0.25, 0.3) is 5.91 Å². The molecule has 1 atom stereocenters. The summed E-state index contributed by atoms with van der Waals surface area (Å²) in [4.78, 5) is 16.5. The van der Waals surface area contributed by atoms with E-state index >= 15 is 0 Å². The molecule has 0 fully saturated rings. The van der Waals surface area contributed by atoms with Crippen molar-refractivity contribution in [3.05, 3.63) is 69.7 Å². The standard InChI is InChI=1S/C20H22N2O/c1-14-6-3-4-8-16(14)10-11-21-13-18-12-17-9-5-7-15(2)19(17)22-20(18)23/h3-9,12,18,21H,10-11,13H2,1-2H3. The lowest BCUT2D eigenvalue weighted by Crippen LogP contribution is -2.39. The van der Waals surface area contributed by atoms with Crippen LogP contribution in [0.15, 0.2) is 47.5 Å². The van der Waals surface area contributed by atoms with E-state index in [9.17, 15) is 4.79 Å². The number of carbonyl (C=O) groups is 1. The molecule has 1 N–H and O–H groups in total. The van der Waals surface area contributed by atoms with Gasteiger partial charge in [-0.15, -0.1) is 0 Å². The zero-order chi connectivity index (χ0) is 16.2. The van der Waals surface area contributed by atoms with Crippen molar-refractivity contribution in [1.82, 2.24) is 5.32 Å². The average Bonchev–Trinajstić information content (AvgIpc) is 2.54. The summed E-state index contributed by atoms with van der Waals surface area (Å²) in [5.41, 5.74) is 3.72. The first-order valence-electron chi connectivity index (χ1n) is 8.10. The van der Waals surface area contributed by atoms with E-state index in [4.69, 9.17) is 0 Å². The number of para-hydroxylation sites is 1. The zero-order valence-corrected chi connectivity index (χ0v) is 13.7. The number of amides is 1. The van der Waals surface area contributed by atoms with Gasteiger partial charge in [-0.1, -0.05) is 48.5 Å². The first kappa shape index (κ1) is 15.6. The van der Waals surface area contributed by atoms with Gasteiger partial charge >= 0.3 is 0 Å². The largest absolute Gasteiger partial charge is 0.315 e. The topological polar surface area (TPSA) is 41.5 Å². The van der Waals surface area contributed by atoms with E-state index < -0.39 is 0 Å². The molecule has 3 rings (SSSR count). The van der Waals surface area contributed by atoms with Gasteiger partial charge in [-0.3, -0.25) is 4.79 Å². The second-order valence-electron chi connectivity index (χ2n) is 6.12. The van der Waals surface area contributed by atoms with Crippen molar-refractivity contribution in [2.75, 3.05) is 13.1 Å². The fraction of sp³-hybridized carbons (Fsp3) is 0.300. The Balaban J connectivity index is 1.61. The summed E-state index contributed by atoms with van der Waals surface area (Å²) in [5.74, 6) is -0.212. The SMILES string of the molecule is Cc1ccccc1CCNCC1C=c2cccc(C)c2=NC1=O. The average molecular weight is 306 g/mol. The van der Waals surface area contributed by atoms with Gasteiger partial charge < -0.3 is 5.32 Å². The van der Waals surface area contributed by atoms with Gasteiger partial charge in [0.2, 0.25) is 0 Å². The predicted octanol–water partition coefficient (Wildman–Crippen LogP) is 1.69. The van der Waals surface area contributed by atoms with Gasteiger partial charge in [0.15, 0.2) is 0 Å². The fourth-order valence-corrected chi connectivity index (χ4v) is 2.97. The molecule has 118 valence electrons. The third-order valence-corrected chi connectivity index (χ3v) is 4.39. The van der Waals surface area contributed by atoms with Crippen molar-refractivity contribution in [3.8, 4) is 0 Å². The van der Waals surface area contributed by atoms with Gasteiger partial charge in [-0.2, -0.15) is 0 Å². The molecule has 0 saturated heterocycles. The van der Waals surface area contributed by atoms with Crippen LogP contribution in [0.2, 0.25) is 0 Å². The van der Waals surface area contributed by atoms with Crippen molar-refractivity contribution in [1.29, 1.82) is 0 Å². The van der Waals surface area contributed by atoms with Gasteiger partial charge in [-0.05, 0) is 48.7 Å². The first-order chi connectivity index (χ1) is 11.1. The van der Waals surface area contributed by atoms with E-state index in [-0.39, 0.29) is 11.8 Å². The molecule has 3 heteroatoms.